The van der Waals surface area contributed by atoms with Gasteiger partial charge in [-0.2, -0.15) is 0 Å². The van der Waals surface area contributed by atoms with Crippen molar-refractivity contribution in [3.63, 3.8) is 0 Å². The number of anilines is 2. The van der Waals surface area contributed by atoms with Crippen molar-refractivity contribution in [1.82, 2.24) is 9.88 Å². The summed E-state index contributed by atoms with van der Waals surface area (Å²) in [5, 5.41) is 12.4. The second kappa shape index (κ2) is 8.18. The van der Waals surface area contributed by atoms with Gasteiger partial charge in [0.15, 0.2) is 0 Å². The fraction of sp³-hybridized carbons (Fsp3) is 0.667. The van der Waals surface area contributed by atoms with E-state index in [0.29, 0.717) is 12.2 Å². The second-order valence-electron chi connectivity index (χ2n) is 8.54. The van der Waals surface area contributed by atoms with Crippen LogP contribution in [0.1, 0.15) is 44.9 Å². The molecule has 3 fully saturated rings. The number of nitrogens with one attached hydrogen (secondary N) is 1. The molecule has 1 saturated carbocycles. The SMILES string of the molecule is COC(=O)Nc1ccc(N2CCCC3(CCN(C4CCC(O)CC4)C3=O)C2)nc1. The number of aliphatic hydroxyl groups is 1. The standard InChI is InChI=1S/C21H30N4O4/c1-29-20(28)23-15-3-8-18(22-13-15)24-11-2-9-21(14-24)10-12-25(19(21)27)16-4-6-17(26)7-5-16/h3,8,13,16-17,26H,2,4-7,9-12,14H2,1H3,(H,23,28). The highest BCUT2D eigenvalue weighted by Crippen LogP contribution is 2.43. The first-order chi connectivity index (χ1) is 14.0. The Hall–Kier alpha value is -2.35. The molecule has 158 valence electrons. The van der Waals surface area contributed by atoms with Crippen LogP contribution < -0.4 is 10.2 Å². The van der Waals surface area contributed by atoms with Gasteiger partial charge in [-0.15, -0.1) is 0 Å². The first-order valence-electron chi connectivity index (χ1n) is 10.6. The molecule has 2 saturated heterocycles. The number of pyridine rings is 1. The van der Waals surface area contributed by atoms with E-state index in [2.05, 4.69) is 24.8 Å². The molecular weight excluding hydrogens is 372 g/mol. The van der Waals surface area contributed by atoms with Crippen LogP contribution in [0.4, 0.5) is 16.3 Å². The summed E-state index contributed by atoms with van der Waals surface area (Å²) in [7, 11) is 1.32. The number of hydrogen-bond acceptors (Lipinski definition) is 6. The lowest BCUT2D eigenvalue weighted by Crippen LogP contribution is -2.50. The number of amides is 2. The van der Waals surface area contributed by atoms with Gasteiger partial charge in [0.25, 0.3) is 0 Å². The quantitative estimate of drug-likeness (QED) is 0.806. The number of hydrogen-bond donors (Lipinski definition) is 2. The highest BCUT2D eigenvalue weighted by molar-refractivity contribution is 5.86. The van der Waals surface area contributed by atoms with Gasteiger partial charge in [-0.25, -0.2) is 9.78 Å². The van der Waals surface area contributed by atoms with E-state index in [4.69, 9.17) is 0 Å². The summed E-state index contributed by atoms with van der Waals surface area (Å²) in [6.45, 7) is 2.39. The lowest BCUT2D eigenvalue weighted by atomic mass is 9.78. The monoisotopic (exact) mass is 402 g/mol. The van der Waals surface area contributed by atoms with Crippen molar-refractivity contribution in [3.8, 4) is 0 Å². The van der Waals surface area contributed by atoms with Crippen molar-refractivity contribution >= 4 is 23.5 Å². The van der Waals surface area contributed by atoms with E-state index in [1.54, 1.807) is 12.3 Å². The Morgan fingerprint density at radius 1 is 1.24 bits per heavy atom. The van der Waals surface area contributed by atoms with Gasteiger partial charge in [0.05, 0.1) is 30.5 Å². The first-order valence-corrected chi connectivity index (χ1v) is 10.6. The number of rotatable bonds is 3. The summed E-state index contributed by atoms with van der Waals surface area (Å²) in [5.74, 6) is 1.11. The smallest absolute Gasteiger partial charge is 0.411 e. The Bertz CT molecular complexity index is 748. The van der Waals surface area contributed by atoms with Crippen molar-refractivity contribution in [2.75, 3.05) is 37.0 Å². The van der Waals surface area contributed by atoms with Gasteiger partial charge < -0.3 is 19.6 Å². The topological polar surface area (TPSA) is 95.0 Å². The van der Waals surface area contributed by atoms with Crippen molar-refractivity contribution in [2.45, 2.75) is 57.1 Å². The molecule has 8 nitrogen and oxygen atoms in total. The zero-order chi connectivity index (χ0) is 20.4. The lowest BCUT2D eigenvalue weighted by Gasteiger charge is -2.41. The third-order valence-electron chi connectivity index (χ3n) is 6.73. The average Bonchev–Trinajstić information content (AvgIpc) is 3.04. The maximum absolute atomic E-state index is 13.4. The number of methoxy groups -OCH3 is 1. The van der Waals surface area contributed by atoms with E-state index in [-0.39, 0.29) is 23.5 Å². The molecule has 0 radical (unpaired) electrons. The van der Waals surface area contributed by atoms with Gasteiger partial charge in [0.1, 0.15) is 5.82 Å². The van der Waals surface area contributed by atoms with E-state index in [9.17, 15) is 14.7 Å². The number of likely N-dealkylation sites (tertiary alicyclic amines) is 1. The summed E-state index contributed by atoms with van der Waals surface area (Å²) in [6.07, 6.45) is 7.07. The fourth-order valence-corrected chi connectivity index (χ4v) is 5.09. The Kier molecular flexibility index (Phi) is 5.63. The molecule has 1 aromatic heterocycles. The molecule has 1 atom stereocenters. The molecular formula is C21H30N4O4. The van der Waals surface area contributed by atoms with Gasteiger partial charge >= 0.3 is 6.09 Å². The number of aromatic nitrogens is 1. The fourth-order valence-electron chi connectivity index (χ4n) is 5.09. The largest absolute Gasteiger partial charge is 0.453 e. The summed E-state index contributed by atoms with van der Waals surface area (Å²) in [4.78, 5) is 33.5. The summed E-state index contributed by atoms with van der Waals surface area (Å²) < 4.78 is 4.60. The van der Waals surface area contributed by atoms with Gasteiger partial charge in [-0.1, -0.05) is 0 Å². The predicted octanol–water partition coefficient (Wildman–Crippen LogP) is 2.38. The molecule has 3 heterocycles. The molecule has 1 spiro atoms. The third kappa shape index (κ3) is 4.03. The van der Waals surface area contributed by atoms with E-state index < -0.39 is 6.09 Å². The van der Waals surface area contributed by atoms with Crippen LogP contribution >= 0.6 is 0 Å². The maximum atomic E-state index is 13.4. The van der Waals surface area contributed by atoms with Gasteiger partial charge in [0.2, 0.25) is 5.91 Å². The maximum Gasteiger partial charge on any atom is 0.411 e. The highest BCUT2D eigenvalue weighted by atomic mass is 16.5. The minimum atomic E-state index is -0.525. The van der Waals surface area contributed by atoms with Crippen LogP contribution in [-0.4, -0.2) is 65.9 Å². The summed E-state index contributed by atoms with van der Waals surface area (Å²) >= 11 is 0. The minimum absolute atomic E-state index is 0.203. The average molecular weight is 402 g/mol. The lowest BCUT2D eigenvalue weighted by molar-refractivity contribution is -0.139. The Morgan fingerprint density at radius 2 is 2.03 bits per heavy atom. The Balaban J connectivity index is 1.43. The van der Waals surface area contributed by atoms with Crippen LogP contribution in [0.2, 0.25) is 0 Å². The molecule has 2 amide bonds. The molecule has 3 aliphatic rings. The molecule has 8 heteroatoms. The van der Waals surface area contributed by atoms with E-state index >= 15 is 0 Å². The van der Waals surface area contributed by atoms with E-state index in [0.717, 1.165) is 63.9 Å². The second-order valence-corrected chi connectivity index (χ2v) is 8.54. The Labute approximate surface area is 171 Å². The third-order valence-corrected chi connectivity index (χ3v) is 6.73. The molecule has 1 unspecified atom stereocenters. The van der Waals surface area contributed by atoms with Crippen LogP contribution in [0.5, 0.6) is 0 Å². The van der Waals surface area contributed by atoms with Gasteiger partial charge in [0, 0.05) is 25.7 Å². The van der Waals surface area contributed by atoms with E-state index in [1.807, 2.05) is 6.07 Å². The molecule has 1 aliphatic carbocycles. The molecule has 29 heavy (non-hydrogen) atoms. The van der Waals surface area contributed by atoms with Crippen molar-refractivity contribution < 1.29 is 19.4 Å². The molecule has 0 aromatic carbocycles. The number of carbonyl (C=O) groups excluding carboxylic acids is 2. The molecule has 4 rings (SSSR count). The number of carbonyl (C=O) groups is 2. The summed E-state index contributed by atoms with van der Waals surface area (Å²) in [6, 6.07) is 3.96. The number of aliphatic hydroxyl groups excluding tert-OH is 1. The minimum Gasteiger partial charge on any atom is -0.453 e. The normalized spacial score (nSPS) is 29.9. The van der Waals surface area contributed by atoms with E-state index in [1.165, 1.54) is 7.11 Å². The van der Waals surface area contributed by atoms with Crippen LogP contribution in [0, 0.1) is 5.41 Å². The number of ether oxygens (including phenoxy) is 1. The number of piperidine rings is 1. The van der Waals surface area contributed by atoms with Crippen LogP contribution in [-0.2, 0) is 9.53 Å². The molecule has 2 N–H and O–H groups in total. The summed E-state index contributed by atoms with van der Waals surface area (Å²) in [5.41, 5.74) is 0.258. The Morgan fingerprint density at radius 3 is 2.72 bits per heavy atom. The molecule has 1 aromatic rings. The molecule has 2 aliphatic heterocycles. The zero-order valence-electron chi connectivity index (χ0n) is 17.0. The zero-order valence-corrected chi connectivity index (χ0v) is 17.0. The van der Waals surface area contributed by atoms with Gasteiger partial charge in [-0.05, 0) is 57.1 Å². The van der Waals surface area contributed by atoms with Crippen LogP contribution in [0.15, 0.2) is 18.3 Å². The predicted molar refractivity (Wildman–Crippen MR) is 109 cm³/mol. The first kappa shape index (κ1) is 19.9. The number of nitrogens with zero attached hydrogens (tertiary/aromatic N) is 3. The van der Waals surface area contributed by atoms with Gasteiger partial charge in [-0.3, -0.25) is 10.1 Å². The highest BCUT2D eigenvalue weighted by Gasteiger charge is 2.50. The van der Waals surface area contributed by atoms with Crippen LogP contribution in [0.3, 0.4) is 0 Å². The van der Waals surface area contributed by atoms with Crippen LogP contribution in [0.25, 0.3) is 0 Å². The molecule has 0 bridgehead atoms. The van der Waals surface area contributed by atoms with Crippen molar-refractivity contribution in [1.29, 1.82) is 0 Å². The van der Waals surface area contributed by atoms with Crippen molar-refractivity contribution in [3.05, 3.63) is 18.3 Å². The van der Waals surface area contributed by atoms with Crippen molar-refractivity contribution in [2.24, 2.45) is 5.41 Å².